The van der Waals surface area contributed by atoms with Gasteiger partial charge in [0.05, 0.1) is 5.38 Å². The molecule has 1 heteroatoms. The number of alkyl halides is 1. The van der Waals surface area contributed by atoms with Crippen LogP contribution in [0.3, 0.4) is 0 Å². The van der Waals surface area contributed by atoms with E-state index in [1.165, 1.54) is 18.4 Å². The molecule has 0 aliphatic heterocycles. The monoisotopic (exact) mass is 198 g/mol. The highest BCUT2D eigenvalue weighted by atomic mass is 35.5. The van der Waals surface area contributed by atoms with Crippen LogP contribution in [0.1, 0.15) is 39.5 Å². The molecule has 1 aliphatic carbocycles. The van der Waals surface area contributed by atoms with Crippen molar-refractivity contribution in [3.8, 4) is 0 Å². The molecule has 1 aliphatic rings. The molecule has 0 amide bonds. The molecule has 0 bridgehead atoms. The minimum Gasteiger partial charge on any atom is -0.118 e. The van der Waals surface area contributed by atoms with Gasteiger partial charge in [-0.2, -0.15) is 0 Å². The number of hydrogen-bond acceptors (Lipinski definition) is 0. The summed E-state index contributed by atoms with van der Waals surface area (Å²) in [5, 5.41) is 0.255. The lowest BCUT2D eigenvalue weighted by Gasteiger charge is -2.21. The topological polar surface area (TPSA) is 0 Å². The molecule has 0 saturated heterocycles. The Morgan fingerprint density at radius 2 is 2.31 bits per heavy atom. The van der Waals surface area contributed by atoms with E-state index in [1.54, 1.807) is 0 Å². The number of halogens is 1. The highest BCUT2D eigenvalue weighted by Crippen LogP contribution is 2.27. The SMILES string of the molecule is CCC[C@H](C)[C@@H](Cl)C1=CC=CCC1. The highest BCUT2D eigenvalue weighted by molar-refractivity contribution is 6.22. The number of rotatable bonds is 4. The summed E-state index contributed by atoms with van der Waals surface area (Å²) in [5.41, 5.74) is 1.42. The van der Waals surface area contributed by atoms with Crippen molar-refractivity contribution in [1.82, 2.24) is 0 Å². The van der Waals surface area contributed by atoms with E-state index >= 15 is 0 Å². The van der Waals surface area contributed by atoms with Gasteiger partial charge in [0.25, 0.3) is 0 Å². The third-order valence-electron chi connectivity index (χ3n) is 2.64. The first kappa shape index (κ1) is 10.8. The fourth-order valence-electron chi connectivity index (χ4n) is 1.82. The van der Waals surface area contributed by atoms with Gasteiger partial charge in [0.1, 0.15) is 0 Å². The summed E-state index contributed by atoms with van der Waals surface area (Å²) in [5.74, 6) is 0.615. The van der Waals surface area contributed by atoms with Crippen LogP contribution in [0, 0.1) is 5.92 Å². The molecule has 0 aromatic heterocycles. The summed E-state index contributed by atoms with van der Waals surface area (Å²) < 4.78 is 0. The Morgan fingerprint density at radius 1 is 1.54 bits per heavy atom. The number of allylic oxidation sites excluding steroid dienone is 4. The summed E-state index contributed by atoms with van der Waals surface area (Å²) in [7, 11) is 0. The average molecular weight is 199 g/mol. The van der Waals surface area contributed by atoms with E-state index < -0.39 is 0 Å². The van der Waals surface area contributed by atoms with Gasteiger partial charge in [-0.3, -0.25) is 0 Å². The molecule has 1 rings (SSSR count). The molecule has 0 N–H and O–H groups in total. The second-order valence-electron chi connectivity index (χ2n) is 3.88. The van der Waals surface area contributed by atoms with Gasteiger partial charge in [-0.05, 0) is 25.2 Å². The predicted molar refractivity (Wildman–Crippen MR) is 60.2 cm³/mol. The zero-order valence-electron chi connectivity index (χ0n) is 8.59. The zero-order valence-corrected chi connectivity index (χ0v) is 9.35. The molecule has 0 saturated carbocycles. The van der Waals surface area contributed by atoms with Crippen molar-refractivity contribution < 1.29 is 0 Å². The third-order valence-corrected chi connectivity index (χ3v) is 3.35. The van der Waals surface area contributed by atoms with Gasteiger partial charge in [0, 0.05) is 0 Å². The van der Waals surface area contributed by atoms with E-state index in [4.69, 9.17) is 11.6 Å². The molecule has 0 aromatic rings. The van der Waals surface area contributed by atoms with Crippen LogP contribution in [0.5, 0.6) is 0 Å². The Balaban J connectivity index is 2.50. The lowest BCUT2D eigenvalue weighted by Crippen LogP contribution is -2.14. The molecule has 0 aromatic carbocycles. The van der Waals surface area contributed by atoms with Crippen molar-refractivity contribution in [2.24, 2.45) is 5.92 Å². The van der Waals surface area contributed by atoms with Crippen LogP contribution in [0.15, 0.2) is 23.8 Å². The quantitative estimate of drug-likeness (QED) is 0.591. The first-order valence-electron chi connectivity index (χ1n) is 5.25. The van der Waals surface area contributed by atoms with Crippen LogP contribution in [-0.4, -0.2) is 5.38 Å². The fraction of sp³-hybridized carbons (Fsp3) is 0.667. The summed E-state index contributed by atoms with van der Waals surface area (Å²) in [6, 6.07) is 0. The first-order valence-corrected chi connectivity index (χ1v) is 5.69. The lowest BCUT2D eigenvalue weighted by atomic mass is 9.92. The highest BCUT2D eigenvalue weighted by Gasteiger charge is 2.17. The van der Waals surface area contributed by atoms with Gasteiger partial charge >= 0.3 is 0 Å². The maximum atomic E-state index is 6.39. The molecule has 0 nitrogen and oxygen atoms in total. The second-order valence-corrected chi connectivity index (χ2v) is 4.35. The van der Waals surface area contributed by atoms with Crippen molar-refractivity contribution in [3.63, 3.8) is 0 Å². The van der Waals surface area contributed by atoms with E-state index in [2.05, 4.69) is 32.1 Å². The smallest absolute Gasteiger partial charge is 0.0573 e. The summed E-state index contributed by atoms with van der Waals surface area (Å²) in [6.45, 7) is 4.47. The average Bonchev–Trinajstić information content (AvgIpc) is 2.18. The van der Waals surface area contributed by atoms with Gasteiger partial charge < -0.3 is 0 Å². The largest absolute Gasteiger partial charge is 0.118 e. The van der Waals surface area contributed by atoms with Gasteiger partial charge in [0.2, 0.25) is 0 Å². The van der Waals surface area contributed by atoms with Crippen LogP contribution in [-0.2, 0) is 0 Å². The van der Waals surface area contributed by atoms with Crippen molar-refractivity contribution in [1.29, 1.82) is 0 Å². The normalized spacial score (nSPS) is 21.0. The Hall–Kier alpha value is -0.230. The molecule has 0 heterocycles. The molecule has 2 atom stereocenters. The molecule has 0 radical (unpaired) electrons. The fourth-order valence-corrected chi connectivity index (χ4v) is 2.13. The minimum absolute atomic E-state index is 0.255. The maximum Gasteiger partial charge on any atom is 0.0573 e. The number of hydrogen-bond donors (Lipinski definition) is 0. The summed E-state index contributed by atoms with van der Waals surface area (Å²) >= 11 is 6.39. The van der Waals surface area contributed by atoms with E-state index in [1.807, 2.05) is 0 Å². The zero-order chi connectivity index (χ0) is 9.68. The Kier molecular flexibility index (Phi) is 4.58. The third kappa shape index (κ3) is 3.19. The van der Waals surface area contributed by atoms with Gasteiger partial charge in [-0.1, -0.05) is 44.1 Å². The van der Waals surface area contributed by atoms with Crippen LogP contribution >= 0.6 is 11.6 Å². The standard InChI is InChI=1S/C12H19Cl/c1-3-7-10(2)12(13)11-8-5-4-6-9-11/h4-5,8,10,12H,3,6-7,9H2,1-2H3/t10-,12+/m0/s1. The van der Waals surface area contributed by atoms with Crippen LogP contribution in [0.4, 0.5) is 0 Å². The molecular formula is C12H19Cl. The molecule has 74 valence electrons. The van der Waals surface area contributed by atoms with Gasteiger partial charge in [-0.25, -0.2) is 0 Å². The molecule has 0 spiro atoms. The van der Waals surface area contributed by atoms with Crippen molar-refractivity contribution in [2.75, 3.05) is 0 Å². The van der Waals surface area contributed by atoms with Crippen molar-refractivity contribution >= 4 is 11.6 Å². The van der Waals surface area contributed by atoms with E-state index in [9.17, 15) is 0 Å². The van der Waals surface area contributed by atoms with E-state index in [0.29, 0.717) is 5.92 Å². The van der Waals surface area contributed by atoms with Crippen molar-refractivity contribution in [3.05, 3.63) is 23.8 Å². The molecule has 13 heavy (non-hydrogen) atoms. The lowest BCUT2D eigenvalue weighted by molar-refractivity contribution is 0.518. The molecular weight excluding hydrogens is 180 g/mol. The van der Waals surface area contributed by atoms with Crippen molar-refractivity contribution in [2.45, 2.75) is 44.9 Å². The minimum atomic E-state index is 0.255. The second kappa shape index (κ2) is 5.49. The van der Waals surface area contributed by atoms with Crippen LogP contribution < -0.4 is 0 Å². The van der Waals surface area contributed by atoms with Crippen LogP contribution in [0.2, 0.25) is 0 Å². The van der Waals surface area contributed by atoms with E-state index in [0.717, 1.165) is 12.8 Å². The first-order chi connectivity index (χ1) is 6.25. The predicted octanol–water partition coefficient (Wildman–Crippen LogP) is 4.31. The summed E-state index contributed by atoms with van der Waals surface area (Å²) in [6.07, 6.45) is 11.3. The van der Waals surface area contributed by atoms with Gasteiger partial charge in [0.15, 0.2) is 0 Å². The van der Waals surface area contributed by atoms with E-state index in [-0.39, 0.29) is 5.38 Å². The Labute approximate surface area is 86.7 Å². The molecule has 0 unspecified atom stereocenters. The Morgan fingerprint density at radius 3 is 2.85 bits per heavy atom. The summed E-state index contributed by atoms with van der Waals surface area (Å²) in [4.78, 5) is 0. The van der Waals surface area contributed by atoms with Crippen LogP contribution in [0.25, 0.3) is 0 Å². The maximum absolute atomic E-state index is 6.39. The van der Waals surface area contributed by atoms with Gasteiger partial charge in [-0.15, -0.1) is 11.6 Å². The molecule has 0 fully saturated rings. The Bertz CT molecular complexity index is 203.